The summed E-state index contributed by atoms with van der Waals surface area (Å²) in [6.07, 6.45) is 0.759. The van der Waals surface area contributed by atoms with E-state index in [0.29, 0.717) is 40.5 Å². The number of aliphatic carboxylic acids is 1. The summed E-state index contributed by atoms with van der Waals surface area (Å²) in [7, 11) is 1.50. The summed E-state index contributed by atoms with van der Waals surface area (Å²) in [4.78, 5) is 11.3. The van der Waals surface area contributed by atoms with Gasteiger partial charge in [0.15, 0.2) is 11.5 Å². The van der Waals surface area contributed by atoms with E-state index in [1.165, 1.54) is 7.11 Å². The molecule has 1 aromatic rings. The van der Waals surface area contributed by atoms with Gasteiger partial charge in [-0.3, -0.25) is 4.79 Å². The van der Waals surface area contributed by atoms with Crippen LogP contribution in [0, 0.1) is 0 Å². The van der Waals surface area contributed by atoms with Crippen molar-refractivity contribution in [3.8, 4) is 17.2 Å². The van der Waals surface area contributed by atoms with E-state index in [0.717, 1.165) is 6.42 Å². The number of hydrogen-bond donors (Lipinski definition) is 1. The van der Waals surface area contributed by atoms with Crippen LogP contribution in [0.5, 0.6) is 17.2 Å². The molecule has 1 N–H and O–H groups in total. The predicted octanol–water partition coefficient (Wildman–Crippen LogP) is 2.81. The summed E-state index contributed by atoms with van der Waals surface area (Å²) in [6.45, 7) is 2.64. The molecular formula is C13H15BrO5. The molecule has 19 heavy (non-hydrogen) atoms. The highest BCUT2D eigenvalue weighted by Gasteiger charge is 2.29. The third kappa shape index (κ3) is 2.63. The molecule has 1 aromatic carbocycles. The average Bonchev–Trinajstić information content (AvgIpc) is 2.61. The molecule has 6 heteroatoms. The Hall–Kier alpha value is -1.43. The first-order chi connectivity index (χ1) is 9.06. The van der Waals surface area contributed by atoms with Crippen molar-refractivity contribution in [1.29, 1.82) is 0 Å². The monoisotopic (exact) mass is 330 g/mol. The Morgan fingerprint density at radius 1 is 1.47 bits per heavy atom. The molecule has 1 atom stereocenters. The number of carboxylic acid groups (broad SMARTS) is 1. The second-order valence-corrected chi connectivity index (χ2v) is 5.10. The van der Waals surface area contributed by atoms with Gasteiger partial charge < -0.3 is 19.3 Å². The zero-order valence-corrected chi connectivity index (χ0v) is 12.3. The van der Waals surface area contributed by atoms with Crippen molar-refractivity contribution in [2.45, 2.75) is 19.3 Å². The highest BCUT2D eigenvalue weighted by molar-refractivity contribution is 9.10. The van der Waals surface area contributed by atoms with Crippen LogP contribution in [-0.2, 0) is 4.79 Å². The Morgan fingerprint density at radius 2 is 2.16 bits per heavy atom. The highest BCUT2D eigenvalue weighted by Crippen LogP contribution is 2.47. The second-order valence-electron chi connectivity index (χ2n) is 4.24. The minimum absolute atomic E-state index is 0.465. The number of benzene rings is 1. The van der Waals surface area contributed by atoms with Gasteiger partial charge in [0, 0.05) is 12.5 Å². The van der Waals surface area contributed by atoms with Crippen LogP contribution in [0.15, 0.2) is 10.5 Å². The van der Waals surface area contributed by atoms with E-state index in [2.05, 4.69) is 15.9 Å². The first kappa shape index (κ1) is 14.0. The van der Waals surface area contributed by atoms with Crippen LogP contribution in [0.3, 0.4) is 0 Å². The van der Waals surface area contributed by atoms with Gasteiger partial charge in [-0.2, -0.15) is 0 Å². The Balaban J connectivity index is 2.65. The molecule has 2 rings (SSSR count). The minimum atomic E-state index is -0.938. The standard InChI is InChI=1S/C13H15BrO5/c1-7(13(15)16)10-11(17-2)8(14)6-9-12(10)19-5-3-4-18-9/h6-7H,3-5H2,1-2H3,(H,15,16). The van der Waals surface area contributed by atoms with Crippen molar-refractivity contribution >= 4 is 21.9 Å². The van der Waals surface area contributed by atoms with E-state index >= 15 is 0 Å². The molecule has 0 amide bonds. The van der Waals surface area contributed by atoms with Gasteiger partial charge in [0.25, 0.3) is 0 Å². The summed E-state index contributed by atoms with van der Waals surface area (Å²) in [5.74, 6) is -0.200. The first-order valence-corrected chi connectivity index (χ1v) is 6.74. The number of rotatable bonds is 3. The number of methoxy groups -OCH3 is 1. The summed E-state index contributed by atoms with van der Waals surface area (Å²) in [5.41, 5.74) is 0.501. The molecule has 0 saturated carbocycles. The zero-order valence-electron chi connectivity index (χ0n) is 10.7. The summed E-state index contributed by atoms with van der Waals surface area (Å²) < 4.78 is 17.2. The maximum Gasteiger partial charge on any atom is 0.310 e. The highest BCUT2D eigenvalue weighted by atomic mass is 79.9. The molecule has 1 unspecified atom stereocenters. The normalized spacial score (nSPS) is 15.5. The predicted molar refractivity (Wildman–Crippen MR) is 72.4 cm³/mol. The fourth-order valence-electron chi connectivity index (χ4n) is 2.01. The van der Waals surface area contributed by atoms with E-state index in [1.807, 2.05) is 0 Å². The van der Waals surface area contributed by atoms with Crippen LogP contribution >= 0.6 is 15.9 Å². The number of ether oxygens (including phenoxy) is 3. The van der Waals surface area contributed by atoms with Crippen LogP contribution in [0.1, 0.15) is 24.8 Å². The van der Waals surface area contributed by atoms with Crippen molar-refractivity contribution in [1.82, 2.24) is 0 Å². The number of halogens is 1. The number of fused-ring (bicyclic) bond motifs is 1. The molecule has 0 radical (unpaired) electrons. The maximum atomic E-state index is 11.3. The topological polar surface area (TPSA) is 65.0 Å². The zero-order chi connectivity index (χ0) is 14.0. The molecular weight excluding hydrogens is 316 g/mol. The lowest BCUT2D eigenvalue weighted by molar-refractivity contribution is -0.138. The maximum absolute atomic E-state index is 11.3. The minimum Gasteiger partial charge on any atom is -0.495 e. The van der Waals surface area contributed by atoms with E-state index in [4.69, 9.17) is 14.2 Å². The molecule has 1 aliphatic rings. The van der Waals surface area contributed by atoms with Crippen LogP contribution in [0.25, 0.3) is 0 Å². The van der Waals surface area contributed by atoms with Gasteiger partial charge in [0.05, 0.1) is 36.3 Å². The fraction of sp³-hybridized carbons (Fsp3) is 0.462. The number of hydrogen-bond acceptors (Lipinski definition) is 4. The van der Waals surface area contributed by atoms with E-state index in [1.54, 1.807) is 13.0 Å². The molecule has 0 aromatic heterocycles. The quantitative estimate of drug-likeness (QED) is 0.923. The van der Waals surface area contributed by atoms with Crippen LogP contribution in [-0.4, -0.2) is 31.4 Å². The van der Waals surface area contributed by atoms with Gasteiger partial charge in [0.1, 0.15) is 5.75 Å². The number of carboxylic acids is 1. The van der Waals surface area contributed by atoms with E-state index in [9.17, 15) is 9.90 Å². The molecule has 5 nitrogen and oxygen atoms in total. The molecule has 1 heterocycles. The lowest BCUT2D eigenvalue weighted by Gasteiger charge is -2.19. The summed E-state index contributed by atoms with van der Waals surface area (Å²) in [6, 6.07) is 1.75. The van der Waals surface area contributed by atoms with Gasteiger partial charge in [-0.15, -0.1) is 0 Å². The molecule has 0 aliphatic carbocycles. The lowest BCUT2D eigenvalue weighted by atomic mass is 9.98. The Morgan fingerprint density at radius 3 is 2.79 bits per heavy atom. The Bertz CT molecular complexity index is 500. The smallest absolute Gasteiger partial charge is 0.310 e. The van der Waals surface area contributed by atoms with Gasteiger partial charge in [0.2, 0.25) is 0 Å². The van der Waals surface area contributed by atoms with Crippen molar-refractivity contribution in [2.75, 3.05) is 20.3 Å². The lowest BCUT2D eigenvalue weighted by Crippen LogP contribution is -2.12. The van der Waals surface area contributed by atoms with Gasteiger partial charge in [-0.25, -0.2) is 0 Å². The SMILES string of the molecule is COc1c(Br)cc2c(c1C(C)C(=O)O)OCCCO2. The van der Waals surface area contributed by atoms with Crippen LogP contribution in [0.4, 0.5) is 0 Å². The van der Waals surface area contributed by atoms with Gasteiger partial charge >= 0.3 is 5.97 Å². The van der Waals surface area contributed by atoms with Crippen LogP contribution in [0.2, 0.25) is 0 Å². The molecule has 1 aliphatic heterocycles. The van der Waals surface area contributed by atoms with E-state index in [-0.39, 0.29) is 0 Å². The summed E-state index contributed by atoms with van der Waals surface area (Å²) in [5, 5.41) is 9.25. The van der Waals surface area contributed by atoms with Crippen molar-refractivity contribution in [3.63, 3.8) is 0 Å². The fourth-order valence-corrected chi connectivity index (χ4v) is 2.59. The molecule has 0 saturated heterocycles. The van der Waals surface area contributed by atoms with E-state index < -0.39 is 11.9 Å². The second kappa shape index (κ2) is 5.69. The number of carbonyl (C=O) groups is 1. The molecule has 104 valence electrons. The first-order valence-electron chi connectivity index (χ1n) is 5.95. The Labute approximate surface area is 119 Å². The van der Waals surface area contributed by atoms with Gasteiger partial charge in [-0.1, -0.05) is 0 Å². The third-order valence-corrected chi connectivity index (χ3v) is 3.58. The molecule has 0 spiro atoms. The van der Waals surface area contributed by atoms with Crippen molar-refractivity contribution in [2.24, 2.45) is 0 Å². The average molecular weight is 331 g/mol. The third-order valence-electron chi connectivity index (χ3n) is 2.99. The van der Waals surface area contributed by atoms with Crippen molar-refractivity contribution < 1.29 is 24.1 Å². The Kier molecular flexibility index (Phi) is 4.19. The molecule has 0 fully saturated rings. The van der Waals surface area contributed by atoms with Crippen molar-refractivity contribution in [3.05, 3.63) is 16.1 Å². The summed E-state index contributed by atoms with van der Waals surface area (Å²) >= 11 is 3.38. The van der Waals surface area contributed by atoms with Gasteiger partial charge in [-0.05, 0) is 22.9 Å². The molecule has 0 bridgehead atoms. The largest absolute Gasteiger partial charge is 0.495 e. The van der Waals surface area contributed by atoms with Crippen LogP contribution < -0.4 is 14.2 Å².